The third-order valence-corrected chi connectivity index (χ3v) is 7.61. The lowest BCUT2D eigenvalue weighted by atomic mass is 10.0. The summed E-state index contributed by atoms with van der Waals surface area (Å²) in [5, 5.41) is 12.7. The summed E-state index contributed by atoms with van der Waals surface area (Å²) >= 11 is 7.84. The Morgan fingerprint density at radius 2 is 1.86 bits per heavy atom. The van der Waals surface area contributed by atoms with Gasteiger partial charge in [-0.1, -0.05) is 25.4 Å². The lowest BCUT2D eigenvalue weighted by Crippen LogP contribution is -2.20. The van der Waals surface area contributed by atoms with Crippen LogP contribution in [0, 0.1) is 35.2 Å². The van der Waals surface area contributed by atoms with Crippen LogP contribution in [0.3, 0.4) is 0 Å². The van der Waals surface area contributed by atoms with Crippen LogP contribution < -0.4 is 5.32 Å². The maximum absolute atomic E-state index is 13.4. The van der Waals surface area contributed by atoms with Crippen LogP contribution in [0.5, 0.6) is 0 Å². The summed E-state index contributed by atoms with van der Waals surface area (Å²) in [5.74, 6) is -3.97. The van der Waals surface area contributed by atoms with Gasteiger partial charge in [0, 0.05) is 40.1 Å². The third-order valence-electron chi connectivity index (χ3n) is 5.49. The molecule has 156 valence electrons. The SMILES string of the molecule is CC1C(Sc2cc(C(=O)Nc3cc(F)c(F)c(F)c3)ccc2Cl)C(CO)C[C@@H]1C. The quantitative estimate of drug-likeness (QED) is 0.578. The van der Waals surface area contributed by atoms with Crippen molar-refractivity contribution < 1.29 is 23.1 Å². The molecule has 2 aromatic rings. The summed E-state index contributed by atoms with van der Waals surface area (Å²) in [6.07, 6.45) is 0.925. The van der Waals surface area contributed by atoms with Crippen molar-refractivity contribution in [3.05, 3.63) is 58.4 Å². The Bertz CT molecular complexity index is 904. The molecule has 1 amide bonds. The van der Waals surface area contributed by atoms with Gasteiger partial charge in [0.1, 0.15) is 0 Å². The highest BCUT2D eigenvalue weighted by molar-refractivity contribution is 8.00. The molecule has 29 heavy (non-hydrogen) atoms. The molecule has 0 heterocycles. The van der Waals surface area contributed by atoms with Gasteiger partial charge in [-0.05, 0) is 42.4 Å². The molecule has 4 atom stereocenters. The van der Waals surface area contributed by atoms with Crippen LogP contribution in [-0.2, 0) is 0 Å². The number of carbonyl (C=O) groups is 1. The molecule has 2 aromatic carbocycles. The molecule has 1 saturated carbocycles. The molecule has 3 rings (SSSR count). The van der Waals surface area contributed by atoms with Gasteiger partial charge in [-0.15, -0.1) is 11.8 Å². The number of aliphatic hydroxyl groups excluding tert-OH is 1. The first-order chi connectivity index (χ1) is 13.7. The smallest absolute Gasteiger partial charge is 0.255 e. The minimum Gasteiger partial charge on any atom is -0.396 e. The molecule has 0 saturated heterocycles. The Kier molecular flexibility index (Phi) is 6.81. The molecular weight excluding hydrogens is 423 g/mol. The summed E-state index contributed by atoms with van der Waals surface area (Å²) in [6.45, 7) is 4.38. The first-order valence-corrected chi connectivity index (χ1v) is 10.5. The Labute approximate surface area is 176 Å². The minimum atomic E-state index is -1.59. The van der Waals surface area contributed by atoms with Crippen LogP contribution in [0.25, 0.3) is 0 Å². The standard InChI is InChI=1S/C21H21ClF3NO2S/c1-10-5-13(9-27)20(11(10)2)29-18-6-12(3-4-15(18)22)21(28)26-14-7-16(23)19(25)17(24)8-14/h3-4,6-8,10-11,13,20,27H,5,9H2,1-2H3,(H,26,28)/t10-,11?,13?,20?/m0/s1. The van der Waals surface area contributed by atoms with Gasteiger partial charge < -0.3 is 10.4 Å². The van der Waals surface area contributed by atoms with Gasteiger partial charge in [0.05, 0.1) is 5.02 Å². The summed E-state index contributed by atoms with van der Waals surface area (Å²) in [4.78, 5) is 13.2. The first-order valence-electron chi connectivity index (χ1n) is 9.24. The fourth-order valence-corrected chi connectivity index (χ4v) is 5.47. The van der Waals surface area contributed by atoms with Crippen molar-refractivity contribution in [3.8, 4) is 0 Å². The second-order valence-electron chi connectivity index (χ2n) is 7.45. The number of hydrogen-bond acceptors (Lipinski definition) is 3. The number of carbonyl (C=O) groups excluding carboxylic acids is 1. The fraction of sp³-hybridized carbons (Fsp3) is 0.381. The number of aliphatic hydroxyl groups is 1. The minimum absolute atomic E-state index is 0.0891. The average molecular weight is 444 g/mol. The average Bonchev–Trinajstić information content (AvgIpc) is 2.95. The molecule has 1 aliphatic carbocycles. The van der Waals surface area contributed by atoms with Crippen LogP contribution >= 0.6 is 23.4 Å². The van der Waals surface area contributed by atoms with Crippen molar-refractivity contribution in [2.24, 2.45) is 17.8 Å². The number of thioether (sulfide) groups is 1. The molecule has 0 aromatic heterocycles. The summed E-state index contributed by atoms with van der Waals surface area (Å²) < 4.78 is 39.8. The van der Waals surface area contributed by atoms with Gasteiger partial charge in [-0.25, -0.2) is 13.2 Å². The number of amides is 1. The second kappa shape index (κ2) is 8.98. The lowest BCUT2D eigenvalue weighted by molar-refractivity contribution is 0.102. The second-order valence-corrected chi connectivity index (χ2v) is 9.08. The van der Waals surface area contributed by atoms with E-state index in [1.54, 1.807) is 12.1 Å². The number of nitrogens with one attached hydrogen (secondary N) is 1. The highest BCUT2D eigenvalue weighted by Crippen LogP contribution is 2.47. The van der Waals surface area contributed by atoms with E-state index in [1.807, 2.05) is 0 Å². The monoisotopic (exact) mass is 443 g/mol. The zero-order valence-corrected chi connectivity index (χ0v) is 17.5. The van der Waals surface area contributed by atoms with Crippen molar-refractivity contribution in [3.63, 3.8) is 0 Å². The molecule has 1 fully saturated rings. The van der Waals surface area contributed by atoms with Gasteiger partial charge in [-0.3, -0.25) is 4.79 Å². The third kappa shape index (κ3) is 4.73. The molecule has 3 unspecified atom stereocenters. The Morgan fingerprint density at radius 3 is 2.48 bits per heavy atom. The normalized spacial score (nSPS) is 24.0. The number of rotatable bonds is 5. The van der Waals surface area contributed by atoms with E-state index in [4.69, 9.17) is 11.6 Å². The lowest BCUT2D eigenvalue weighted by Gasteiger charge is -2.22. The molecule has 2 N–H and O–H groups in total. The van der Waals surface area contributed by atoms with Crippen LogP contribution in [0.15, 0.2) is 35.2 Å². The Balaban J connectivity index is 1.80. The van der Waals surface area contributed by atoms with Crippen molar-refractivity contribution in [2.75, 3.05) is 11.9 Å². The highest BCUT2D eigenvalue weighted by Gasteiger charge is 2.38. The summed E-state index contributed by atoms with van der Waals surface area (Å²) in [5.41, 5.74) is 0.0652. The van der Waals surface area contributed by atoms with E-state index in [1.165, 1.54) is 17.8 Å². The largest absolute Gasteiger partial charge is 0.396 e. The Hall–Kier alpha value is -1.70. The topological polar surface area (TPSA) is 49.3 Å². The zero-order valence-electron chi connectivity index (χ0n) is 15.9. The number of hydrogen-bond donors (Lipinski definition) is 2. The number of halogens is 4. The van der Waals surface area contributed by atoms with E-state index >= 15 is 0 Å². The van der Waals surface area contributed by atoms with Crippen LogP contribution in [-0.4, -0.2) is 22.9 Å². The summed E-state index contributed by atoms with van der Waals surface area (Å²) in [7, 11) is 0. The van der Waals surface area contributed by atoms with Gasteiger partial charge in [0.2, 0.25) is 0 Å². The Morgan fingerprint density at radius 1 is 1.21 bits per heavy atom. The maximum Gasteiger partial charge on any atom is 0.255 e. The molecule has 0 spiro atoms. The van der Waals surface area contributed by atoms with E-state index in [0.717, 1.165) is 18.6 Å². The predicted octanol–water partition coefficient (Wildman–Crippen LogP) is 5.75. The predicted molar refractivity (Wildman–Crippen MR) is 109 cm³/mol. The molecule has 3 nitrogen and oxygen atoms in total. The first kappa shape index (κ1) is 22.0. The zero-order chi connectivity index (χ0) is 21.3. The van der Waals surface area contributed by atoms with E-state index in [2.05, 4.69) is 19.2 Å². The van der Waals surface area contributed by atoms with Gasteiger partial charge in [0.25, 0.3) is 5.91 Å². The highest BCUT2D eigenvalue weighted by atomic mass is 35.5. The van der Waals surface area contributed by atoms with Crippen LogP contribution in [0.2, 0.25) is 5.02 Å². The van der Waals surface area contributed by atoms with Gasteiger partial charge in [0.15, 0.2) is 17.5 Å². The van der Waals surface area contributed by atoms with Gasteiger partial charge in [-0.2, -0.15) is 0 Å². The van der Waals surface area contributed by atoms with E-state index < -0.39 is 23.4 Å². The van der Waals surface area contributed by atoms with E-state index in [-0.39, 0.29) is 29.0 Å². The number of anilines is 1. The molecule has 8 heteroatoms. The molecular formula is C21H21ClF3NO2S. The molecule has 0 aliphatic heterocycles. The van der Waals surface area contributed by atoms with Crippen molar-refractivity contribution >= 4 is 35.0 Å². The van der Waals surface area contributed by atoms with Crippen molar-refractivity contribution in [1.82, 2.24) is 0 Å². The molecule has 0 radical (unpaired) electrons. The van der Waals surface area contributed by atoms with Crippen molar-refractivity contribution in [1.29, 1.82) is 0 Å². The molecule has 0 bridgehead atoms. The molecule has 1 aliphatic rings. The van der Waals surface area contributed by atoms with Crippen LogP contribution in [0.4, 0.5) is 18.9 Å². The fourth-order valence-electron chi connectivity index (χ4n) is 3.67. The van der Waals surface area contributed by atoms with Gasteiger partial charge >= 0.3 is 0 Å². The summed E-state index contributed by atoms with van der Waals surface area (Å²) in [6, 6.07) is 6.14. The van der Waals surface area contributed by atoms with E-state index in [0.29, 0.717) is 21.8 Å². The maximum atomic E-state index is 13.4. The van der Waals surface area contributed by atoms with Crippen LogP contribution in [0.1, 0.15) is 30.6 Å². The van der Waals surface area contributed by atoms with Crippen molar-refractivity contribution in [2.45, 2.75) is 30.4 Å². The van der Waals surface area contributed by atoms with E-state index in [9.17, 15) is 23.1 Å². The number of benzene rings is 2.